The molecule has 0 fully saturated rings. The van der Waals surface area contributed by atoms with Gasteiger partial charge in [0.2, 0.25) is 5.91 Å². The summed E-state index contributed by atoms with van der Waals surface area (Å²) in [5, 5.41) is 15.2. The van der Waals surface area contributed by atoms with Gasteiger partial charge in [-0.15, -0.1) is 10.2 Å². The van der Waals surface area contributed by atoms with Crippen LogP contribution in [0.15, 0.2) is 30.3 Å². The topological polar surface area (TPSA) is 72.7 Å². The molecule has 1 unspecified atom stereocenters. The van der Waals surface area contributed by atoms with E-state index in [9.17, 15) is 13.6 Å². The molecule has 0 aliphatic carbocycles. The molecule has 3 heterocycles. The maximum absolute atomic E-state index is 13.7. The van der Waals surface area contributed by atoms with Gasteiger partial charge in [-0.1, -0.05) is 17.7 Å². The van der Waals surface area contributed by atoms with Crippen molar-refractivity contribution in [3.8, 4) is 5.82 Å². The lowest BCUT2D eigenvalue weighted by Gasteiger charge is -2.24. The van der Waals surface area contributed by atoms with Gasteiger partial charge in [0.25, 0.3) is 0 Å². The van der Waals surface area contributed by atoms with Gasteiger partial charge < -0.3 is 5.32 Å². The van der Waals surface area contributed by atoms with Crippen molar-refractivity contribution in [1.29, 1.82) is 0 Å². The summed E-state index contributed by atoms with van der Waals surface area (Å²) in [5.41, 5.74) is 1.88. The Bertz CT molecular complexity index is 1020. The first-order valence-corrected chi connectivity index (χ1v) is 8.15. The fraction of sp³-hybridized carbons (Fsp3) is 0.176. The van der Waals surface area contributed by atoms with Crippen LogP contribution in [0.25, 0.3) is 5.82 Å². The average Bonchev–Trinajstić information content (AvgIpc) is 2.94. The molecule has 0 saturated heterocycles. The van der Waals surface area contributed by atoms with Crippen LogP contribution >= 0.6 is 11.6 Å². The zero-order valence-corrected chi connectivity index (χ0v) is 14.3. The van der Waals surface area contributed by atoms with Crippen LogP contribution in [-0.2, 0) is 4.79 Å². The number of nitrogens with zero attached hydrogens (tertiary/aromatic N) is 4. The summed E-state index contributed by atoms with van der Waals surface area (Å²) in [6.45, 7) is 1.78. The van der Waals surface area contributed by atoms with E-state index in [-0.39, 0.29) is 17.5 Å². The van der Waals surface area contributed by atoms with Gasteiger partial charge in [0, 0.05) is 17.9 Å². The molecule has 3 aromatic rings. The third-order valence-corrected chi connectivity index (χ3v) is 4.49. The van der Waals surface area contributed by atoms with Crippen molar-refractivity contribution in [3.05, 3.63) is 63.9 Å². The number of aromatic nitrogens is 4. The summed E-state index contributed by atoms with van der Waals surface area (Å²) < 4.78 is 28.4. The smallest absolute Gasteiger partial charge is 0.226 e. The van der Waals surface area contributed by atoms with Crippen LogP contribution in [0.1, 0.15) is 29.2 Å². The standard InChI is InChI=1S/C17H12ClF2N5O/c1-8-16-10(9-2-3-11(19)12(20)6-9)7-15(26)21-17(16)25(24-8)14-5-4-13(18)22-23-14/h2-6,10H,7H2,1H3,(H,21,26). The van der Waals surface area contributed by atoms with Gasteiger partial charge in [-0.25, -0.2) is 8.78 Å². The number of amides is 1. The molecule has 2 aromatic heterocycles. The molecular formula is C17H12ClF2N5O. The zero-order valence-electron chi connectivity index (χ0n) is 13.5. The Balaban J connectivity index is 1.86. The van der Waals surface area contributed by atoms with Crippen molar-refractivity contribution in [3.63, 3.8) is 0 Å². The predicted octanol–water partition coefficient (Wildman–Crippen LogP) is 3.38. The van der Waals surface area contributed by atoms with E-state index in [0.29, 0.717) is 22.9 Å². The number of nitrogens with one attached hydrogen (secondary N) is 1. The van der Waals surface area contributed by atoms with Gasteiger partial charge in [0.15, 0.2) is 22.6 Å². The second kappa shape index (κ2) is 6.14. The molecule has 0 radical (unpaired) electrons. The number of carbonyl (C=O) groups excluding carboxylic acids is 1. The Hall–Kier alpha value is -2.87. The number of rotatable bonds is 2. The van der Waals surface area contributed by atoms with E-state index < -0.39 is 17.6 Å². The van der Waals surface area contributed by atoms with Crippen LogP contribution in [0.3, 0.4) is 0 Å². The zero-order chi connectivity index (χ0) is 18.4. The molecule has 6 nitrogen and oxygen atoms in total. The van der Waals surface area contributed by atoms with Gasteiger partial charge in [-0.3, -0.25) is 4.79 Å². The largest absolute Gasteiger partial charge is 0.310 e. The monoisotopic (exact) mass is 375 g/mol. The Morgan fingerprint density at radius 1 is 1.19 bits per heavy atom. The first kappa shape index (κ1) is 16.6. The third kappa shape index (κ3) is 2.72. The Morgan fingerprint density at radius 2 is 2.00 bits per heavy atom. The molecular weight excluding hydrogens is 364 g/mol. The van der Waals surface area contributed by atoms with Crippen LogP contribution in [0.2, 0.25) is 5.15 Å². The van der Waals surface area contributed by atoms with E-state index in [1.54, 1.807) is 19.1 Å². The lowest BCUT2D eigenvalue weighted by atomic mass is 9.86. The van der Waals surface area contributed by atoms with Gasteiger partial charge in [-0.2, -0.15) is 9.78 Å². The fourth-order valence-electron chi connectivity index (χ4n) is 3.15. The van der Waals surface area contributed by atoms with Crippen molar-refractivity contribution in [2.75, 3.05) is 5.32 Å². The van der Waals surface area contributed by atoms with E-state index >= 15 is 0 Å². The maximum Gasteiger partial charge on any atom is 0.226 e. The minimum atomic E-state index is -0.955. The summed E-state index contributed by atoms with van der Waals surface area (Å²) in [6.07, 6.45) is 0.108. The highest BCUT2D eigenvalue weighted by Crippen LogP contribution is 2.40. The molecule has 1 N–H and O–H groups in total. The van der Waals surface area contributed by atoms with Gasteiger partial charge in [-0.05, 0) is 36.8 Å². The number of carbonyl (C=O) groups is 1. The summed E-state index contributed by atoms with van der Waals surface area (Å²) in [6, 6.07) is 6.83. The maximum atomic E-state index is 13.7. The van der Waals surface area contributed by atoms with Crippen molar-refractivity contribution in [2.45, 2.75) is 19.3 Å². The Morgan fingerprint density at radius 3 is 2.69 bits per heavy atom. The van der Waals surface area contributed by atoms with Gasteiger partial charge in [0.1, 0.15) is 5.82 Å². The highest BCUT2D eigenvalue weighted by atomic mass is 35.5. The molecule has 1 aliphatic heterocycles. The highest BCUT2D eigenvalue weighted by Gasteiger charge is 2.33. The summed E-state index contributed by atoms with van der Waals surface area (Å²) in [7, 11) is 0. The number of anilines is 1. The Labute approximate surface area is 151 Å². The minimum absolute atomic E-state index is 0.108. The molecule has 9 heteroatoms. The number of hydrogen-bond donors (Lipinski definition) is 1. The van der Waals surface area contributed by atoms with Gasteiger partial charge >= 0.3 is 0 Å². The van der Waals surface area contributed by atoms with Crippen LogP contribution in [0.4, 0.5) is 14.6 Å². The molecule has 1 amide bonds. The van der Waals surface area contributed by atoms with Crippen LogP contribution in [-0.4, -0.2) is 25.9 Å². The van der Waals surface area contributed by atoms with Crippen LogP contribution < -0.4 is 5.32 Å². The molecule has 4 rings (SSSR count). The molecule has 26 heavy (non-hydrogen) atoms. The molecule has 0 spiro atoms. The van der Waals surface area contributed by atoms with Crippen LogP contribution in [0.5, 0.6) is 0 Å². The van der Waals surface area contributed by atoms with E-state index in [1.807, 2.05) is 0 Å². The average molecular weight is 376 g/mol. The Kier molecular flexibility index (Phi) is 3.91. The van der Waals surface area contributed by atoms with Gasteiger partial charge in [0.05, 0.1) is 5.69 Å². The first-order valence-electron chi connectivity index (χ1n) is 7.78. The second-order valence-corrected chi connectivity index (χ2v) is 6.34. The highest BCUT2D eigenvalue weighted by molar-refractivity contribution is 6.29. The lowest BCUT2D eigenvalue weighted by molar-refractivity contribution is -0.116. The van der Waals surface area contributed by atoms with E-state index in [2.05, 4.69) is 20.6 Å². The number of aryl methyl sites for hydroxylation is 1. The number of hydrogen-bond acceptors (Lipinski definition) is 4. The summed E-state index contributed by atoms with van der Waals surface area (Å²) in [5.74, 6) is -1.77. The molecule has 1 aromatic carbocycles. The quantitative estimate of drug-likeness (QED) is 0.745. The van der Waals surface area contributed by atoms with Crippen molar-refractivity contribution in [2.24, 2.45) is 0 Å². The van der Waals surface area contributed by atoms with E-state index in [1.165, 1.54) is 10.7 Å². The molecule has 1 aliphatic rings. The number of benzene rings is 1. The van der Waals surface area contributed by atoms with Crippen molar-refractivity contribution >= 4 is 23.3 Å². The molecule has 0 saturated carbocycles. The van der Waals surface area contributed by atoms with E-state index in [0.717, 1.165) is 17.7 Å². The van der Waals surface area contributed by atoms with Crippen molar-refractivity contribution in [1.82, 2.24) is 20.0 Å². The number of halogens is 3. The normalized spacial score (nSPS) is 16.3. The minimum Gasteiger partial charge on any atom is -0.310 e. The fourth-order valence-corrected chi connectivity index (χ4v) is 3.25. The SMILES string of the molecule is Cc1nn(-c2ccc(Cl)nn2)c2c1C(c1ccc(F)c(F)c1)CC(=O)N2. The predicted molar refractivity (Wildman–Crippen MR) is 90.3 cm³/mol. The summed E-state index contributed by atoms with van der Waals surface area (Å²) in [4.78, 5) is 12.2. The molecule has 1 atom stereocenters. The van der Waals surface area contributed by atoms with E-state index in [4.69, 9.17) is 11.6 Å². The number of fused-ring (bicyclic) bond motifs is 1. The lowest BCUT2D eigenvalue weighted by Crippen LogP contribution is -2.25. The third-order valence-electron chi connectivity index (χ3n) is 4.28. The van der Waals surface area contributed by atoms with Crippen molar-refractivity contribution < 1.29 is 13.6 Å². The second-order valence-electron chi connectivity index (χ2n) is 5.95. The molecule has 0 bridgehead atoms. The van der Waals surface area contributed by atoms with Crippen LogP contribution in [0, 0.1) is 18.6 Å². The molecule has 132 valence electrons. The first-order chi connectivity index (χ1) is 12.4. The summed E-state index contributed by atoms with van der Waals surface area (Å²) >= 11 is 5.76.